The van der Waals surface area contributed by atoms with Gasteiger partial charge in [-0.05, 0) is 25.1 Å². The van der Waals surface area contributed by atoms with E-state index in [-0.39, 0.29) is 0 Å². The van der Waals surface area contributed by atoms with E-state index in [2.05, 4.69) is 0 Å². The van der Waals surface area contributed by atoms with Crippen molar-refractivity contribution in [1.29, 1.82) is 0 Å². The van der Waals surface area contributed by atoms with E-state index in [0.717, 1.165) is 29.4 Å². The molecule has 13 heavy (non-hydrogen) atoms. The molecule has 1 aliphatic rings. The van der Waals surface area contributed by atoms with Crippen molar-refractivity contribution in [2.24, 2.45) is 5.73 Å². The summed E-state index contributed by atoms with van der Waals surface area (Å²) in [4.78, 5) is 0. The Morgan fingerprint density at radius 3 is 3.15 bits per heavy atom. The summed E-state index contributed by atoms with van der Waals surface area (Å²) in [5, 5.41) is 0.799. The molecule has 2 nitrogen and oxygen atoms in total. The molecule has 0 saturated heterocycles. The quantitative estimate of drug-likeness (QED) is 0.789. The lowest BCUT2D eigenvalue weighted by Crippen LogP contribution is -2.08. The number of rotatable bonds is 2. The molecule has 0 spiro atoms. The second-order valence-corrected chi connectivity index (χ2v) is 3.64. The predicted octanol–water partition coefficient (Wildman–Crippen LogP) is 2.16. The Labute approximate surface area is 82.6 Å². The lowest BCUT2D eigenvalue weighted by Gasteiger charge is -2.07. The minimum absolute atomic E-state index is 0.383. The zero-order chi connectivity index (χ0) is 9.26. The van der Waals surface area contributed by atoms with Gasteiger partial charge < -0.3 is 10.5 Å². The Kier molecular flexibility index (Phi) is 2.42. The summed E-state index contributed by atoms with van der Waals surface area (Å²) >= 11 is 6.08. The fraction of sp³-hybridized carbons (Fsp3) is 0.400. The second kappa shape index (κ2) is 3.56. The Hall–Kier alpha value is -0.730. The van der Waals surface area contributed by atoms with Crippen LogP contribution < -0.4 is 10.5 Å². The summed E-state index contributed by atoms with van der Waals surface area (Å²) in [5.41, 5.74) is 6.65. The van der Waals surface area contributed by atoms with Gasteiger partial charge in [0.05, 0.1) is 6.61 Å². The van der Waals surface area contributed by atoms with Crippen LogP contribution >= 0.6 is 11.6 Å². The molecule has 0 radical (unpaired) electrons. The van der Waals surface area contributed by atoms with E-state index in [1.165, 1.54) is 0 Å². The van der Waals surface area contributed by atoms with Crippen molar-refractivity contribution in [3.05, 3.63) is 28.8 Å². The van der Waals surface area contributed by atoms with E-state index in [0.29, 0.717) is 12.5 Å². The van der Waals surface area contributed by atoms with E-state index >= 15 is 0 Å². The van der Waals surface area contributed by atoms with Gasteiger partial charge in [0.2, 0.25) is 0 Å². The number of hydrogen-bond acceptors (Lipinski definition) is 2. The number of halogens is 1. The van der Waals surface area contributed by atoms with Gasteiger partial charge in [-0.1, -0.05) is 17.7 Å². The summed E-state index contributed by atoms with van der Waals surface area (Å²) in [5.74, 6) is 1.31. The SMILES string of the molecule is NCCC1COc2cccc(Cl)c21. The van der Waals surface area contributed by atoms with Gasteiger partial charge in [-0.3, -0.25) is 0 Å². The largest absolute Gasteiger partial charge is 0.493 e. The molecule has 1 unspecified atom stereocenters. The molecule has 1 heterocycles. The van der Waals surface area contributed by atoms with Crippen molar-refractivity contribution in [2.45, 2.75) is 12.3 Å². The predicted molar refractivity (Wildman–Crippen MR) is 53.4 cm³/mol. The van der Waals surface area contributed by atoms with Gasteiger partial charge in [0.25, 0.3) is 0 Å². The Morgan fingerprint density at radius 2 is 2.38 bits per heavy atom. The van der Waals surface area contributed by atoms with Crippen LogP contribution in [0.1, 0.15) is 17.9 Å². The zero-order valence-corrected chi connectivity index (χ0v) is 8.05. The smallest absolute Gasteiger partial charge is 0.124 e. The number of fused-ring (bicyclic) bond motifs is 1. The molecular weight excluding hydrogens is 186 g/mol. The highest BCUT2D eigenvalue weighted by Gasteiger charge is 2.25. The zero-order valence-electron chi connectivity index (χ0n) is 7.29. The van der Waals surface area contributed by atoms with Crippen LogP contribution in [0.2, 0.25) is 5.02 Å². The molecule has 0 aromatic heterocycles. The molecular formula is C10H12ClNO. The van der Waals surface area contributed by atoms with E-state index in [9.17, 15) is 0 Å². The van der Waals surface area contributed by atoms with Crippen LogP contribution in [0.15, 0.2) is 18.2 Å². The highest BCUT2D eigenvalue weighted by Crippen LogP contribution is 2.40. The molecule has 0 saturated carbocycles. The lowest BCUT2D eigenvalue weighted by molar-refractivity contribution is 0.326. The Balaban J connectivity index is 2.34. The lowest BCUT2D eigenvalue weighted by atomic mass is 9.98. The minimum atomic E-state index is 0.383. The van der Waals surface area contributed by atoms with Crippen LogP contribution in [0, 0.1) is 0 Å². The minimum Gasteiger partial charge on any atom is -0.493 e. The fourth-order valence-electron chi connectivity index (χ4n) is 1.74. The average Bonchev–Trinajstić information content (AvgIpc) is 2.51. The molecule has 2 rings (SSSR count). The molecule has 1 aromatic rings. The monoisotopic (exact) mass is 197 g/mol. The maximum Gasteiger partial charge on any atom is 0.124 e. The summed E-state index contributed by atoms with van der Waals surface area (Å²) in [6, 6.07) is 5.77. The van der Waals surface area contributed by atoms with Crippen LogP contribution in [0.5, 0.6) is 5.75 Å². The van der Waals surface area contributed by atoms with E-state index in [4.69, 9.17) is 22.1 Å². The molecule has 0 fully saturated rings. The van der Waals surface area contributed by atoms with Gasteiger partial charge in [0, 0.05) is 16.5 Å². The van der Waals surface area contributed by atoms with Crippen molar-refractivity contribution < 1.29 is 4.74 Å². The summed E-state index contributed by atoms with van der Waals surface area (Å²) < 4.78 is 5.50. The van der Waals surface area contributed by atoms with Crippen LogP contribution in [-0.2, 0) is 0 Å². The molecule has 0 bridgehead atoms. The summed E-state index contributed by atoms with van der Waals surface area (Å²) in [6.07, 6.45) is 0.941. The highest BCUT2D eigenvalue weighted by molar-refractivity contribution is 6.31. The first-order chi connectivity index (χ1) is 6.33. The standard InChI is InChI=1S/C10H12ClNO/c11-8-2-1-3-9-10(8)7(4-5-12)6-13-9/h1-3,7H,4-6,12H2. The van der Waals surface area contributed by atoms with Gasteiger partial charge in [-0.2, -0.15) is 0 Å². The molecule has 1 aromatic carbocycles. The maximum absolute atomic E-state index is 6.08. The van der Waals surface area contributed by atoms with Crippen molar-refractivity contribution in [1.82, 2.24) is 0 Å². The van der Waals surface area contributed by atoms with Crippen LogP contribution in [-0.4, -0.2) is 13.2 Å². The Bertz CT molecular complexity index is 312. The molecule has 1 aliphatic heterocycles. The van der Waals surface area contributed by atoms with Gasteiger partial charge in [-0.15, -0.1) is 0 Å². The number of hydrogen-bond donors (Lipinski definition) is 1. The highest BCUT2D eigenvalue weighted by atomic mass is 35.5. The van der Waals surface area contributed by atoms with Crippen LogP contribution in [0.4, 0.5) is 0 Å². The van der Waals surface area contributed by atoms with Crippen LogP contribution in [0.3, 0.4) is 0 Å². The number of ether oxygens (including phenoxy) is 1. The number of nitrogens with two attached hydrogens (primary N) is 1. The molecule has 0 amide bonds. The average molecular weight is 198 g/mol. The van der Waals surface area contributed by atoms with Gasteiger partial charge >= 0.3 is 0 Å². The molecule has 2 N–H and O–H groups in total. The summed E-state index contributed by atoms with van der Waals surface area (Å²) in [7, 11) is 0. The van der Waals surface area contributed by atoms with Crippen molar-refractivity contribution >= 4 is 11.6 Å². The first-order valence-electron chi connectivity index (χ1n) is 4.44. The number of benzene rings is 1. The van der Waals surface area contributed by atoms with Crippen LogP contribution in [0.25, 0.3) is 0 Å². The molecule has 0 aliphatic carbocycles. The molecule has 1 atom stereocenters. The molecule has 70 valence electrons. The Morgan fingerprint density at radius 1 is 1.54 bits per heavy atom. The first kappa shape index (κ1) is 8.85. The molecule has 3 heteroatoms. The van der Waals surface area contributed by atoms with Gasteiger partial charge in [-0.25, -0.2) is 0 Å². The normalized spacial score (nSPS) is 19.7. The van der Waals surface area contributed by atoms with E-state index < -0.39 is 0 Å². The van der Waals surface area contributed by atoms with E-state index in [1.54, 1.807) is 0 Å². The fourth-order valence-corrected chi connectivity index (χ4v) is 2.06. The van der Waals surface area contributed by atoms with Gasteiger partial charge in [0.15, 0.2) is 0 Å². The van der Waals surface area contributed by atoms with Crippen molar-refractivity contribution in [2.75, 3.05) is 13.2 Å². The van der Waals surface area contributed by atoms with E-state index in [1.807, 2.05) is 18.2 Å². The summed E-state index contributed by atoms with van der Waals surface area (Å²) in [6.45, 7) is 1.40. The third-order valence-corrected chi connectivity index (χ3v) is 2.71. The third-order valence-electron chi connectivity index (χ3n) is 2.38. The third kappa shape index (κ3) is 1.52. The second-order valence-electron chi connectivity index (χ2n) is 3.24. The first-order valence-corrected chi connectivity index (χ1v) is 4.82. The topological polar surface area (TPSA) is 35.2 Å². The van der Waals surface area contributed by atoms with Crippen molar-refractivity contribution in [3.8, 4) is 5.75 Å². The maximum atomic E-state index is 6.08. The van der Waals surface area contributed by atoms with Gasteiger partial charge in [0.1, 0.15) is 5.75 Å². The van der Waals surface area contributed by atoms with Crippen molar-refractivity contribution in [3.63, 3.8) is 0 Å².